The molecule has 1 saturated heterocycles. The number of terminal acetylenes is 1. The van der Waals surface area contributed by atoms with Crippen molar-refractivity contribution >= 4 is 57.5 Å². The number of halogens is 1. The Balaban J connectivity index is 2.17. The van der Waals surface area contributed by atoms with E-state index in [0.717, 1.165) is 33.1 Å². The molecule has 7 nitrogen and oxygen atoms in total. The molecule has 1 heterocycles. The second kappa shape index (κ2) is 11.1. The van der Waals surface area contributed by atoms with Crippen molar-refractivity contribution in [3.05, 3.63) is 26.2 Å². The van der Waals surface area contributed by atoms with Gasteiger partial charge in [-0.05, 0) is 64.5 Å². The van der Waals surface area contributed by atoms with Crippen molar-refractivity contribution < 1.29 is 28.6 Å². The summed E-state index contributed by atoms with van der Waals surface area (Å²) in [6.45, 7) is 1.94. The fourth-order valence-electron chi connectivity index (χ4n) is 2.37. The molecule has 2 rings (SSSR count). The van der Waals surface area contributed by atoms with Crippen molar-refractivity contribution in [1.82, 2.24) is 4.90 Å². The number of unbranched alkanes of at least 4 members (excludes halogenated alkanes) is 1. The van der Waals surface area contributed by atoms with E-state index in [-0.39, 0.29) is 18.1 Å². The molecule has 0 N–H and O–H groups in total. The number of hydrogen-bond donors (Lipinski definition) is 0. The lowest BCUT2D eigenvalue weighted by atomic mass is 10.2. The maximum Gasteiger partial charge on any atom is 0.326 e. The fourth-order valence-corrected chi connectivity index (χ4v) is 3.99. The van der Waals surface area contributed by atoms with Crippen LogP contribution in [0.2, 0.25) is 0 Å². The van der Waals surface area contributed by atoms with Crippen LogP contribution in [0.5, 0.6) is 11.5 Å². The Morgan fingerprint density at radius 1 is 1.38 bits per heavy atom. The molecule has 1 aliphatic heterocycles. The SMILES string of the molecule is C#CCOc1c(I)cc(/C=C2/SC(=O)N(CC(=O)OCCCC)C2=O)cc1OC. The molecule has 1 aromatic carbocycles. The topological polar surface area (TPSA) is 82.1 Å². The van der Waals surface area contributed by atoms with E-state index in [1.165, 1.54) is 7.11 Å². The maximum atomic E-state index is 12.6. The van der Waals surface area contributed by atoms with Gasteiger partial charge in [0.1, 0.15) is 13.2 Å². The van der Waals surface area contributed by atoms with Crippen LogP contribution in [-0.4, -0.2) is 48.9 Å². The molecule has 29 heavy (non-hydrogen) atoms. The predicted octanol–water partition coefficient (Wildman–Crippen LogP) is 3.69. The number of hydrogen-bond acceptors (Lipinski definition) is 7. The first-order chi connectivity index (χ1) is 13.9. The minimum atomic E-state index is -0.603. The van der Waals surface area contributed by atoms with Crippen molar-refractivity contribution in [2.75, 3.05) is 26.9 Å². The van der Waals surface area contributed by atoms with Crippen LogP contribution < -0.4 is 9.47 Å². The fraction of sp³-hybridized carbons (Fsp3) is 0.350. The number of benzene rings is 1. The first-order valence-corrected chi connectivity index (χ1v) is 10.7. The molecule has 0 radical (unpaired) electrons. The second-order valence-electron chi connectivity index (χ2n) is 5.87. The summed E-state index contributed by atoms with van der Waals surface area (Å²) in [5, 5.41) is -0.510. The zero-order chi connectivity index (χ0) is 21.4. The Labute approximate surface area is 187 Å². The first-order valence-electron chi connectivity index (χ1n) is 8.76. The van der Waals surface area contributed by atoms with Gasteiger partial charge in [-0.2, -0.15) is 0 Å². The minimum Gasteiger partial charge on any atom is -0.493 e. The van der Waals surface area contributed by atoms with Gasteiger partial charge in [-0.15, -0.1) is 6.42 Å². The van der Waals surface area contributed by atoms with Crippen LogP contribution in [0.4, 0.5) is 4.79 Å². The van der Waals surface area contributed by atoms with Crippen molar-refractivity contribution in [3.63, 3.8) is 0 Å². The quantitative estimate of drug-likeness (QED) is 0.159. The van der Waals surface area contributed by atoms with Gasteiger partial charge in [0, 0.05) is 0 Å². The zero-order valence-corrected chi connectivity index (χ0v) is 19.0. The normalized spacial score (nSPS) is 14.8. The van der Waals surface area contributed by atoms with Crippen LogP contribution in [0.15, 0.2) is 17.0 Å². The van der Waals surface area contributed by atoms with E-state index < -0.39 is 23.7 Å². The third-order valence-corrected chi connectivity index (χ3v) is 5.48. The van der Waals surface area contributed by atoms with Crippen LogP contribution >= 0.6 is 34.4 Å². The van der Waals surface area contributed by atoms with Crippen molar-refractivity contribution in [2.45, 2.75) is 19.8 Å². The van der Waals surface area contributed by atoms with Gasteiger partial charge in [0.05, 0.1) is 22.2 Å². The van der Waals surface area contributed by atoms with Crippen molar-refractivity contribution in [1.29, 1.82) is 0 Å². The number of methoxy groups -OCH3 is 1. The number of thioether (sulfide) groups is 1. The highest BCUT2D eigenvalue weighted by atomic mass is 127. The van der Waals surface area contributed by atoms with Gasteiger partial charge >= 0.3 is 5.97 Å². The number of nitrogens with zero attached hydrogens (tertiary/aromatic N) is 1. The van der Waals surface area contributed by atoms with E-state index in [1.807, 2.05) is 6.92 Å². The summed E-state index contributed by atoms with van der Waals surface area (Å²) >= 11 is 2.85. The van der Waals surface area contributed by atoms with Crippen molar-refractivity contribution in [2.24, 2.45) is 0 Å². The van der Waals surface area contributed by atoms with Gasteiger partial charge in [-0.3, -0.25) is 19.3 Å². The lowest BCUT2D eigenvalue weighted by Gasteiger charge is -2.12. The molecule has 0 bridgehead atoms. The summed E-state index contributed by atoms with van der Waals surface area (Å²) in [5.74, 6) is 2.22. The molecule has 2 amide bonds. The van der Waals surface area contributed by atoms with Crippen molar-refractivity contribution in [3.8, 4) is 23.8 Å². The molecule has 0 saturated carbocycles. The highest BCUT2D eigenvalue weighted by Crippen LogP contribution is 2.37. The summed E-state index contributed by atoms with van der Waals surface area (Å²) in [6, 6.07) is 3.46. The van der Waals surface area contributed by atoms with Crippen LogP contribution in [0.25, 0.3) is 6.08 Å². The van der Waals surface area contributed by atoms with E-state index in [0.29, 0.717) is 17.1 Å². The van der Waals surface area contributed by atoms with Gasteiger partial charge in [0.25, 0.3) is 11.1 Å². The summed E-state index contributed by atoms with van der Waals surface area (Å²) in [6.07, 6.45) is 8.41. The molecule has 0 unspecified atom stereocenters. The predicted molar refractivity (Wildman–Crippen MR) is 119 cm³/mol. The molecular formula is C20H20INO6S. The second-order valence-corrected chi connectivity index (χ2v) is 8.02. The molecule has 0 spiro atoms. The Kier molecular flexibility index (Phi) is 8.85. The van der Waals surface area contributed by atoms with Gasteiger partial charge in [-0.25, -0.2) is 0 Å². The smallest absolute Gasteiger partial charge is 0.326 e. The number of ether oxygens (including phenoxy) is 3. The highest BCUT2D eigenvalue weighted by Gasteiger charge is 2.36. The molecule has 154 valence electrons. The third kappa shape index (κ3) is 6.14. The Morgan fingerprint density at radius 3 is 2.79 bits per heavy atom. The van der Waals surface area contributed by atoms with Crippen LogP contribution in [-0.2, 0) is 14.3 Å². The maximum absolute atomic E-state index is 12.6. The lowest BCUT2D eigenvalue weighted by molar-refractivity contribution is -0.146. The summed E-state index contributed by atoms with van der Waals surface area (Å²) in [7, 11) is 1.50. The minimum absolute atomic E-state index is 0.0962. The monoisotopic (exact) mass is 529 g/mol. The van der Waals surface area contributed by atoms with Crippen LogP contribution in [0, 0.1) is 15.9 Å². The van der Waals surface area contributed by atoms with Gasteiger partial charge in [0.15, 0.2) is 11.5 Å². The Hall–Kier alpha value is -2.19. The van der Waals surface area contributed by atoms with Gasteiger partial charge in [-0.1, -0.05) is 19.3 Å². The zero-order valence-electron chi connectivity index (χ0n) is 16.0. The van der Waals surface area contributed by atoms with E-state index in [9.17, 15) is 14.4 Å². The van der Waals surface area contributed by atoms with Crippen LogP contribution in [0.1, 0.15) is 25.3 Å². The average Bonchev–Trinajstić information content (AvgIpc) is 2.94. The summed E-state index contributed by atoms with van der Waals surface area (Å²) < 4.78 is 16.6. The highest BCUT2D eigenvalue weighted by molar-refractivity contribution is 14.1. The molecular weight excluding hydrogens is 509 g/mol. The number of imide groups is 1. The molecule has 1 aromatic rings. The van der Waals surface area contributed by atoms with Crippen LogP contribution in [0.3, 0.4) is 0 Å². The van der Waals surface area contributed by atoms with Gasteiger partial charge < -0.3 is 14.2 Å². The van der Waals surface area contributed by atoms with E-state index in [1.54, 1.807) is 18.2 Å². The van der Waals surface area contributed by atoms with Gasteiger partial charge in [0.2, 0.25) is 0 Å². The van der Waals surface area contributed by atoms with E-state index >= 15 is 0 Å². The number of rotatable bonds is 9. The largest absolute Gasteiger partial charge is 0.493 e. The molecule has 1 fully saturated rings. The Bertz CT molecular complexity index is 876. The summed E-state index contributed by atoms with van der Waals surface area (Å²) in [5.41, 5.74) is 0.648. The molecule has 0 atom stereocenters. The molecule has 0 aromatic heterocycles. The first kappa shape index (κ1) is 23.1. The number of carbonyl (C=O) groups is 3. The number of carbonyl (C=O) groups excluding carboxylic acids is 3. The van der Waals surface area contributed by atoms with E-state index in [2.05, 4.69) is 28.5 Å². The third-order valence-electron chi connectivity index (χ3n) is 3.77. The molecule has 0 aliphatic carbocycles. The standard InChI is InChI=1S/C20H20INO6S/c1-4-6-8-27-17(23)12-22-19(24)16(29-20(22)25)11-13-9-14(21)18(28-7-5-2)15(10-13)26-3/h2,9-11H,4,6-8,12H2,1,3H3/b16-11+. The molecule has 9 heteroatoms. The number of esters is 1. The lowest BCUT2D eigenvalue weighted by Crippen LogP contribution is -2.34. The average molecular weight is 529 g/mol. The Morgan fingerprint density at radius 2 is 2.14 bits per heavy atom. The van der Waals surface area contributed by atoms with E-state index in [4.69, 9.17) is 20.6 Å². The summed E-state index contributed by atoms with van der Waals surface area (Å²) in [4.78, 5) is 37.7. The molecule has 1 aliphatic rings. The number of amides is 2.